The molecule has 28 nitrogen and oxygen atoms in total. The number of aryl methyl sites for hydroxylation is 4. The van der Waals surface area contributed by atoms with Crippen molar-refractivity contribution in [1.82, 2.24) is 30.2 Å². The van der Waals surface area contributed by atoms with Gasteiger partial charge in [0.05, 0.1) is 106 Å². The zero-order valence-electron chi connectivity index (χ0n) is 86.2. The number of carboxylic acids is 1. The van der Waals surface area contributed by atoms with E-state index in [0.717, 1.165) is 56.4 Å². The summed E-state index contributed by atoms with van der Waals surface area (Å²) in [4.78, 5) is 132. The minimum atomic E-state index is -1.24. The molecule has 11 N–H and O–H groups in total. The number of hydrogen-bond donors (Lipinski definition) is 6. The number of fused-ring (bicyclic) bond motifs is 5. The number of aromatic nitrogens is 4. The van der Waals surface area contributed by atoms with E-state index in [0.29, 0.717) is 84.6 Å². The number of nitrogens with zero attached hydrogens (tertiary/aromatic N) is 9. The van der Waals surface area contributed by atoms with E-state index in [1.165, 1.54) is 48.4 Å². The van der Waals surface area contributed by atoms with Gasteiger partial charge in [-0.1, -0.05) is 199 Å². The van der Waals surface area contributed by atoms with Crippen LogP contribution < -0.4 is 82.0 Å². The normalized spacial score (nSPS) is 13.8. The molecule has 0 saturated carbocycles. The Labute approximate surface area is 842 Å². The molecule has 1 aliphatic heterocycles. The number of carboxylic acid groups (broad SMARTS) is 1. The molecule has 0 unspecified atom stereocenters. The molecule has 4 atom stereocenters. The number of benzene rings is 6. The van der Waals surface area contributed by atoms with Gasteiger partial charge in [0.1, 0.15) is 30.8 Å². The predicted molar refractivity (Wildman–Crippen MR) is 548 cm³/mol. The molecule has 0 fully saturated rings. The molecule has 139 heavy (non-hydrogen) atoms. The Kier molecular flexibility index (Phi) is 41.7. The second-order valence-electron chi connectivity index (χ2n) is 39.4. The Morgan fingerprint density at radius 2 is 0.871 bits per heavy atom. The first-order valence-corrected chi connectivity index (χ1v) is 46.2. The molecule has 6 aromatic carbocycles. The predicted octanol–water partition coefficient (Wildman–Crippen LogP) is 14.9. The average molecular weight is 1910 g/mol. The number of nitriles is 1. The van der Waals surface area contributed by atoms with Crippen LogP contribution in [0.5, 0.6) is 11.5 Å². The maximum absolute atomic E-state index is 14.9. The number of ether oxygens (including phenoxy) is 4. The summed E-state index contributed by atoms with van der Waals surface area (Å²) in [7, 11) is 15.7. The molecule has 10 aromatic rings. The summed E-state index contributed by atoms with van der Waals surface area (Å²) in [6.45, 7) is 35.7. The molecule has 0 spiro atoms. The van der Waals surface area contributed by atoms with Crippen molar-refractivity contribution in [2.75, 3.05) is 117 Å². The van der Waals surface area contributed by atoms with Crippen LogP contribution in [0.3, 0.4) is 0 Å². The minimum absolute atomic E-state index is 0. The molecule has 11 rings (SSSR count). The number of ketones is 3. The number of hydrogen-bond acceptors (Lipinski definition) is 25. The van der Waals surface area contributed by atoms with E-state index in [1.807, 2.05) is 112 Å². The molecule has 0 radical (unpaired) electrons. The standard InChI is InChI=1S/C53H68N8O7.C20H26N2O2.C19H24N2O2.C18H22N2O2.Na.H2O/c1-32-26-46(64)50(61(8)52(66)37(19-21-55)30-45(63)39-31-43(60(6)7)49(58-33(39)2)35-12-15-38(16-13-35)53(3,4)5)36-14-18-48(68-25-23-57)41(29-36)40-27-34(11-17-47(40)67-24-22-56)28-42(59-51(32)65)44(62)10-9-20-54;1-13-16(19(23)24-7)12-17(22(5)6)18(21-13)14-8-10-15(11-9-14)20(2,3)4;1-12-15(18(22)23)11-16(21(5)6)17(20-12)13-7-9-14(10-8-13)19(2,3)4;1-11-14(17(21)22-5)10-15(19)16(20-11)12-6-8-13(9-7-12)18(2,3)4;;/h11-18,27,29,31-32,37,42,50H,9-10,19,21-26,28,30,55-57H2,1-8H3,(H,59,65);8-12H,1-7H3;7-11H,1-6H3,(H,22,23);6-10H,19H2,1-5H3;;1H2/q;;;;+1;/p-1/t32-,37-,42+,50+;;;;;/m1...../s1. The van der Waals surface area contributed by atoms with Crippen LogP contribution in [0, 0.1) is 50.9 Å². The Morgan fingerprint density at radius 1 is 0.504 bits per heavy atom. The summed E-state index contributed by atoms with van der Waals surface area (Å²) in [5.41, 5.74) is 45.0. The quantitative estimate of drug-likeness (QED) is 0.0167. The number of aromatic carboxylic acids is 1. The molecule has 0 saturated heterocycles. The van der Waals surface area contributed by atoms with Crippen molar-refractivity contribution in [2.24, 2.45) is 29.0 Å². The summed E-state index contributed by atoms with van der Waals surface area (Å²) in [6, 6.07) is 50.5. The Bertz CT molecular complexity index is 6030. The van der Waals surface area contributed by atoms with E-state index in [4.69, 9.17) is 46.9 Å². The molecular weight excluding hydrogens is 1760 g/mol. The van der Waals surface area contributed by atoms with Crippen molar-refractivity contribution in [3.05, 3.63) is 236 Å². The monoisotopic (exact) mass is 1910 g/mol. The fourth-order valence-corrected chi connectivity index (χ4v) is 15.9. The fraction of sp³-hybridized carbons (Fsp3) is 0.409. The van der Waals surface area contributed by atoms with Crippen molar-refractivity contribution in [1.29, 1.82) is 5.26 Å². The van der Waals surface area contributed by atoms with Crippen molar-refractivity contribution in [2.45, 2.75) is 190 Å². The molecule has 29 heteroatoms. The second-order valence-corrected chi connectivity index (χ2v) is 39.4. The van der Waals surface area contributed by atoms with Crippen LogP contribution in [0.15, 0.2) is 158 Å². The summed E-state index contributed by atoms with van der Waals surface area (Å²) >= 11 is 0. The fourth-order valence-electron chi connectivity index (χ4n) is 15.9. The van der Waals surface area contributed by atoms with Gasteiger partial charge in [-0.15, -0.1) is 0 Å². The number of nitrogen functional groups attached to an aromatic ring is 1. The first-order chi connectivity index (χ1) is 64.3. The van der Waals surface area contributed by atoms with Gasteiger partial charge in [0.25, 0.3) is 0 Å². The van der Waals surface area contributed by atoms with Crippen molar-refractivity contribution in [3.8, 4) is 73.7 Å². The van der Waals surface area contributed by atoms with Crippen molar-refractivity contribution in [3.63, 3.8) is 0 Å². The summed E-state index contributed by atoms with van der Waals surface area (Å²) in [6.07, 6.45) is -0.369. The van der Waals surface area contributed by atoms with Crippen LogP contribution in [-0.2, 0) is 56.7 Å². The van der Waals surface area contributed by atoms with Crippen LogP contribution in [0.1, 0.15) is 226 Å². The third kappa shape index (κ3) is 30.0. The smallest absolute Gasteiger partial charge is 0.870 e. The van der Waals surface area contributed by atoms with E-state index in [1.54, 1.807) is 70.2 Å². The molecular formula is C110H141N14NaO14. The number of nitrogens with one attached hydrogen (secondary N) is 1. The van der Waals surface area contributed by atoms with E-state index >= 15 is 0 Å². The summed E-state index contributed by atoms with van der Waals surface area (Å²) < 4.78 is 21.9. The molecule has 2 amide bonds. The largest absolute Gasteiger partial charge is 1.00 e. The van der Waals surface area contributed by atoms with Crippen molar-refractivity contribution < 1.29 is 97.4 Å². The van der Waals surface area contributed by atoms with Gasteiger partial charge in [-0.3, -0.25) is 43.9 Å². The number of Topliss-reactive ketones (excluding diaryl/α,β-unsaturated/α-hetero) is 3. The number of pyridine rings is 4. The molecule has 736 valence electrons. The Morgan fingerprint density at radius 3 is 1.25 bits per heavy atom. The van der Waals surface area contributed by atoms with E-state index in [-0.39, 0.29) is 151 Å². The van der Waals surface area contributed by atoms with Gasteiger partial charge in [-0.2, -0.15) is 5.26 Å². The number of carbonyl (C=O) groups is 8. The van der Waals surface area contributed by atoms with Crippen LogP contribution >= 0.6 is 0 Å². The number of esters is 2. The summed E-state index contributed by atoms with van der Waals surface area (Å²) in [5.74, 6) is -4.84. The van der Waals surface area contributed by atoms with Gasteiger partial charge < -0.3 is 77.4 Å². The number of anilines is 4. The minimum Gasteiger partial charge on any atom is -0.870 e. The number of nitrogens with two attached hydrogens (primary N) is 4. The Hall–Kier alpha value is -12.6. The SMILES string of the molecule is COC(=O)c1cc(N(C)C)c(-c2ccc(C(C)(C)C)cc2)nc1C.COC(=O)c1cc(N)c(-c2ccc(C(C)(C)C)cc2)nc1C.Cc1nc(-c2ccc(C(C)(C)C)cc2)c(N(C)C)cc1C(=O)C[C@@H](CCN)C(=O)N(C)[C@@H]1C(=O)C[C@@H](C)C(=O)N[C@H](C(=O)CCC#N)Cc2ccc(OCCN)c(c2)-c2cc1ccc2OCCN.Cc1nc(-c2ccc(C(C)(C)C)cc2)c(N(C)C)cc1C(=O)O.[Na+].[OH-]. The molecule has 4 bridgehead atoms. The topological polar surface area (TPSA) is 428 Å². The van der Waals surface area contributed by atoms with Gasteiger partial charge in [-0.05, 0) is 151 Å². The zero-order chi connectivity index (χ0) is 102. The molecule has 5 heterocycles. The second kappa shape index (κ2) is 50.3. The van der Waals surface area contributed by atoms with Gasteiger partial charge in [0.15, 0.2) is 17.3 Å². The van der Waals surface area contributed by atoms with Gasteiger partial charge >= 0.3 is 47.5 Å². The first kappa shape index (κ1) is 115. The van der Waals surface area contributed by atoms with E-state index < -0.39 is 53.5 Å². The number of rotatable bonds is 26. The first-order valence-electron chi connectivity index (χ1n) is 46.2. The van der Waals surface area contributed by atoms with Crippen LogP contribution in [0.25, 0.3) is 56.2 Å². The Balaban J connectivity index is 0.000000336. The molecule has 1 aliphatic rings. The maximum Gasteiger partial charge on any atom is 1.00 e. The number of likely N-dealkylation sites (N-methyl/N-ethyl adjacent to an activating group) is 1. The molecule has 4 aromatic heterocycles. The van der Waals surface area contributed by atoms with Gasteiger partial charge in [-0.25, -0.2) is 14.4 Å². The third-order valence-corrected chi connectivity index (χ3v) is 24.0. The average Bonchev–Trinajstić information content (AvgIpc) is 0.779. The van der Waals surface area contributed by atoms with Crippen LogP contribution in [0.2, 0.25) is 0 Å². The third-order valence-electron chi connectivity index (χ3n) is 24.0. The summed E-state index contributed by atoms with van der Waals surface area (Å²) in [5, 5.41) is 21.4. The number of carbonyl (C=O) groups excluding carboxylic acids is 7. The number of methoxy groups -OCH3 is 2. The van der Waals surface area contributed by atoms with Crippen molar-refractivity contribution >= 4 is 69.8 Å². The van der Waals surface area contributed by atoms with Gasteiger partial charge in [0, 0.05) is 145 Å². The van der Waals surface area contributed by atoms with Crippen LogP contribution in [-0.4, -0.2) is 185 Å². The van der Waals surface area contributed by atoms with Crippen LogP contribution in [0.4, 0.5) is 22.7 Å². The van der Waals surface area contributed by atoms with Gasteiger partial charge in [0.2, 0.25) is 11.8 Å². The van der Waals surface area contributed by atoms with E-state index in [9.17, 15) is 48.7 Å². The van der Waals surface area contributed by atoms with E-state index in [2.05, 4.69) is 176 Å². The maximum atomic E-state index is 14.9. The number of amides is 2. The molecule has 0 aliphatic carbocycles. The zero-order valence-corrected chi connectivity index (χ0v) is 88.2.